The molecule has 1 aliphatic carbocycles. The molecule has 0 spiro atoms. The summed E-state index contributed by atoms with van der Waals surface area (Å²) in [5.41, 5.74) is 7.96. The summed E-state index contributed by atoms with van der Waals surface area (Å²) in [4.78, 5) is 4.15. The van der Waals surface area contributed by atoms with E-state index in [-0.39, 0.29) is 0 Å². The lowest BCUT2D eigenvalue weighted by Crippen LogP contribution is -2.06. The number of nitrogen functional groups attached to an aromatic ring is 1. The summed E-state index contributed by atoms with van der Waals surface area (Å²) in [6.07, 6.45) is 7.16. The Morgan fingerprint density at radius 2 is 2.31 bits per heavy atom. The Balaban J connectivity index is 1.86. The number of allylic oxidation sites excluding steroid dienone is 1. The van der Waals surface area contributed by atoms with Crippen molar-refractivity contribution in [2.24, 2.45) is 0 Å². The highest BCUT2D eigenvalue weighted by Gasteiger charge is 2.05. The highest BCUT2D eigenvalue weighted by atomic mass is 35.5. The Morgan fingerprint density at radius 1 is 1.44 bits per heavy atom. The van der Waals surface area contributed by atoms with Crippen molar-refractivity contribution < 1.29 is 0 Å². The average Bonchev–Trinajstić information content (AvgIpc) is 2.76. The maximum Gasteiger partial charge on any atom is 0.150 e. The topological polar surface area (TPSA) is 50.9 Å². The number of halogens is 1. The maximum atomic E-state index is 5.80. The Kier molecular flexibility index (Phi) is 3.67. The Bertz CT molecular complexity index is 401. The Morgan fingerprint density at radius 3 is 3.06 bits per heavy atom. The van der Waals surface area contributed by atoms with Crippen molar-refractivity contribution in [1.82, 2.24) is 4.98 Å². The van der Waals surface area contributed by atoms with Crippen LogP contribution in [0.5, 0.6) is 0 Å². The first-order chi connectivity index (χ1) is 7.75. The molecule has 0 atom stereocenters. The third kappa shape index (κ3) is 2.89. The van der Waals surface area contributed by atoms with E-state index in [9.17, 15) is 0 Å². The lowest BCUT2D eigenvalue weighted by Gasteiger charge is -2.08. The van der Waals surface area contributed by atoms with Gasteiger partial charge in [-0.2, -0.15) is 0 Å². The summed E-state index contributed by atoms with van der Waals surface area (Å²) in [7, 11) is 0. The van der Waals surface area contributed by atoms with Gasteiger partial charge in [-0.15, -0.1) is 0 Å². The van der Waals surface area contributed by atoms with Crippen LogP contribution >= 0.6 is 11.6 Å². The van der Waals surface area contributed by atoms with E-state index in [2.05, 4.69) is 16.4 Å². The first-order valence-electron chi connectivity index (χ1n) is 5.59. The van der Waals surface area contributed by atoms with Crippen LogP contribution in [0.15, 0.2) is 23.8 Å². The predicted octanol–water partition coefficient (Wildman–Crippen LogP) is 3.23. The van der Waals surface area contributed by atoms with Crippen molar-refractivity contribution in [3.8, 4) is 0 Å². The Labute approximate surface area is 101 Å². The molecule has 1 aromatic rings. The molecule has 0 aliphatic heterocycles. The van der Waals surface area contributed by atoms with Crippen LogP contribution in [0.2, 0.25) is 5.15 Å². The van der Waals surface area contributed by atoms with Crippen LogP contribution in [0.1, 0.15) is 25.7 Å². The summed E-state index contributed by atoms with van der Waals surface area (Å²) in [6.45, 7) is 0.864. The van der Waals surface area contributed by atoms with Gasteiger partial charge in [0.25, 0.3) is 0 Å². The summed E-state index contributed by atoms with van der Waals surface area (Å²) in [5, 5.41) is 3.69. The molecule has 3 N–H and O–H groups in total. The van der Waals surface area contributed by atoms with Crippen molar-refractivity contribution in [3.63, 3.8) is 0 Å². The standard InChI is InChI=1S/C12H16ClN3/c13-11-6-5-10(14)12(16-11)15-8-7-9-3-1-2-4-9/h3,5-6H,1-2,4,7-8,14H2,(H,15,16). The normalized spacial score (nSPS) is 14.9. The van der Waals surface area contributed by atoms with E-state index in [0.29, 0.717) is 16.7 Å². The molecule has 3 nitrogen and oxygen atoms in total. The number of nitrogens with two attached hydrogens (primary N) is 1. The van der Waals surface area contributed by atoms with Gasteiger partial charge in [-0.25, -0.2) is 4.98 Å². The molecule has 0 fully saturated rings. The largest absolute Gasteiger partial charge is 0.396 e. The van der Waals surface area contributed by atoms with Crippen LogP contribution in [0.25, 0.3) is 0 Å². The first kappa shape index (κ1) is 11.3. The van der Waals surface area contributed by atoms with Crippen molar-refractivity contribution in [2.45, 2.75) is 25.7 Å². The fourth-order valence-corrected chi connectivity index (χ4v) is 2.04. The first-order valence-corrected chi connectivity index (χ1v) is 5.97. The molecule has 1 heterocycles. The van der Waals surface area contributed by atoms with Gasteiger partial charge in [0.2, 0.25) is 0 Å². The van der Waals surface area contributed by atoms with Gasteiger partial charge in [-0.1, -0.05) is 23.3 Å². The molecule has 0 saturated carbocycles. The molecule has 1 aliphatic rings. The van der Waals surface area contributed by atoms with Crippen molar-refractivity contribution in [2.75, 3.05) is 17.6 Å². The van der Waals surface area contributed by atoms with Gasteiger partial charge in [0.15, 0.2) is 5.82 Å². The lowest BCUT2D eigenvalue weighted by molar-refractivity contribution is 0.862. The van der Waals surface area contributed by atoms with E-state index in [1.54, 1.807) is 12.1 Å². The van der Waals surface area contributed by atoms with E-state index in [1.165, 1.54) is 24.8 Å². The molecule has 16 heavy (non-hydrogen) atoms. The second-order valence-electron chi connectivity index (χ2n) is 4.00. The second kappa shape index (κ2) is 5.21. The number of aromatic nitrogens is 1. The van der Waals surface area contributed by atoms with Crippen LogP contribution in [-0.4, -0.2) is 11.5 Å². The zero-order valence-electron chi connectivity index (χ0n) is 9.17. The molecule has 0 radical (unpaired) electrons. The van der Waals surface area contributed by atoms with E-state index < -0.39 is 0 Å². The zero-order valence-corrected chi connectivity index (χ0v) is 9.93. The fraction of sp³-hybridized carbons (Fsp3) is 0.417. The van der Waals surface area contributed by atoms with E-state index >= 15 is 0 Å². The summed E-state index contributed by atoms with van der Waals surface area (Å²) in [6, 6.07) is 3.47. The van der Waals surface area contributed by atoms with Gasteiger partial charge in [0.05, 0.1) is 5.69 Å². The van der Waals surface area contributed by atoms with Crippen LogP contribution in [0.4, 0.5) is 11.5 Å². The molecule has 4 heteroatoms. The summed E-state index contributed by atoms with van der Waals surface area (Å²) in [5.74, 6) is 0.686. The van der Waals surface area contributed by atoms with Gasteiger partial charge in [0, 0.05) is 6.54 Å². The minimum absolute atomic E-state index is 0.469. The number of nitrogens with one attached hydrogen (secondary N) is 1. The number of rotatable bonds is 4. The number of hydrogen-bond acceptors (Lipinski definition) is 3. The van der Waals surface area contributed by atoms with Gasteiger partial charge in [0.1, 0.15) is 5.15 Å². The van der Waals surface area contributed by atoms with Gasteiger partial charge >= 0.3 is 0 Å². The van der Waals surface area contributed by atoms with Crippen molar-refractivity contribution in [3.05, 3.63) is 28.9 Å². The average molecular weight is 238 g/mol. The van der Waals surface area contributed by atoms with Crippen molar-refractivity contribution >= 4 is 23.1 Å². The predicted molar refractivity (Wildman–Crippen MR) is 68.7 cm³/mol. The van der Waals surface area contributed by atoms with Crippen LogP contribution in [0.3, 0.4) is 0 Å². The van der Waals surface area contributed by atoms with Crippen LogP contribution in [0, 0.1) is 0 Å². The van der Waals surface area contributed by atoms with E-state index in [4.69, 9.17) is 17.3 Å². The van der Waals surface area contributed by atoms with Crippen molar-refractivity contribution in [1.29, 1.82) is 0 Å². The number of hydrogen-bond donors (Lipinski definition) is 2. The summed E-state index contributed by atoms with van der Waals surface area (Å²) >= 11 is 5.80. The molecule has 0 saturated heterocycles. The molecule has 0 amide bonds. The monoisotopic (exact) mass is 237 g/mol. The molecular formula is C12H16ClN3. The summed E-state index contributed by atoms with van der Waals surface area (Å²) < 4.78 is 0. The highest BCUT2D eigenvalue weighted by Crippen LogP contribution is 2.22. The molecule has 0 unspecified atom stereocenters. The molecule has 0 bridgehead atoms. The van der Waals surface area contributed by atoms with Crippen LogP contribution < -0.4 is 11.1 Å². The minimum atomic E-state index is 0.469. The molecule has 2 rings (SSSR count). The third-order valence-electron chi connectivity index (χ3n) is 2.77. The van der Waals surface area contributed by atoms with E-state index in [0.717, 1.165) is 13.0 Å². The smallest absolute Gasteiger partial charge is 0.150 e. The zero-order chi connectivity index (χ0) is 11.4. The molecule has 86 valence electrons. The minimum Gasteiger partial charge on any atom is -0.396 e. The second-order valence-corrected chi connectivity index (χ2v) is 4.39. The number of pyridine rings is 1. The third-order valence-corrected chi connectivity index (χ3v) is 2.98. The van der Waals surface area contributed by atoms with Crippen LogP contribution in [-0.2, 0) is 0 Å². The highest BCUT2D eigenvalue weighted by molar-refractivity contribution is 6.29. The molecule has 0 aromatic carbocycles. The number of anilines is 2. The van der Waals surface area contributed by atoms with Gasteiger partial charge < -0.3 is 11.1 Å². The van der Waals surface area contributed by atoms with Gasteiger partial charge in [-0.05, 0) is 37.8 Å². The van der Waals surface area contributed by atoms with Gasteiger partial charge in [-0.3, -0.25) is 0 Å². The van der Waals surface area contributed by atoms with E-state index in [1.807, 2.05) is 0 Å². The number of nitrogens with zero attached hydrogens (tertiary/aromatic N) is 1. The lowest BCUT2D eigenvalue weighted by atomic mass is 10.2. The Hall–Kier alpha value is -1.22. The molecule has 1 aromatic heterocycles. The SMILES string of the molecule is Nc1ccc(Cl)nc1NCCC1=CCCC1. The quantitative estimate of drug-likeness (QED) is 0.625. The fourth-order valence-electron chi connectivity index (χ4n) is 1.89. The molecular weight excluding hydrogens is 222 g/mol. The maximum absolute atomic E-state index is 5.80.